The van der Waals surface area contributed by atoms with Gasteiger partial charge in [-0.05, 0) is 73.5 Å². The zero-order valence-corrected chi connectivity index (χ0v) is 21.4. The molecule has 0 aliphatic carbocycles. The Morgan fingerprint density at radius 3 is 2.53 bits per heavy atom. The van der Waals surface area contributed by atoms with Crippen LogP contribution >= 0.6 is 11.6 Å². The number of hydrogen-bond acceptors (Lipinski definition) is 6. The lowest BCUT2D eigenvalue weighted by Gasteiger charge is -2.26. The van der Waals surface area contributed by atoms with E-state index in [1.165, 1.54) is 18.2 Å². The van der Waals surface area contributed by atoms with Crippen LogP contribution in [0.15, 0.2) is 72.3 Å². The van der Waals surface area contributed by atoms with Gasteiger partial charge in [-0.3, -0.25) is 19.7 Å². The van der Waals surface area contributed by atoms with Crippen LogP contribution < -0.4 is 25.0 Å². The Labute approximate surface area is 224 Å². The lowest BCUT2D eigenvalue weighted by molar-refractivity contribution is -0.122. The standard InChI is InChI=1S/C28H24ClN3O6/c1-3-37-24-14-18(10-11-23(24)38-16-25(33)30-20-8-4-6-17(2)12-20)13-22-26(34)31-28(36)32(27(22)35)21-9-5-7-19(29)15-21/h4-15H,3,16H2,1-2H3,(H,30,33)(H,31,34,36)/b22-13+. The first-order chi connectivity index (χ1) is 18.2. The number of amides is 5. The van der Waals surface area contributed by atoms with E-state index in [1.54, 1.807) is 43.3 Å². The van der Waals surface area contributed by atoms with Gasteiger partial charge in [-0.2, -0.15) is 0 Å². The third kappa shape index (κ3) is 6.19. The topological polar surface area (TPSA) is 114 Å². The van der Waals surface area contributed by atoms with E-state index in [0.717, 1.165) is 10.5 Å². The van der Waals surface area contributed by atoms with Crippen molar-refractivity contribution >= 4 is 52.8 Å². The summed E-state index contributed by atoms with van der Waals surface area (Å²) in [5, 5.41) is 5.27. The number of urea groups is 1. The predicted octanol–water partition coefficient (Wildman–Crippen LogP) is 4.73. The van der Waals surface area contributed by atoms with E-state index in [0.29, 0.717) is 34.4 Å². The Balaban J connectivity index is 1.53. The molecule has 2 N–H and O–H groups in total. The smallest absolute Gasteiger partial charge is 0.335 e. The number of anilines is 2. The fraction of sp³-hybridized carbons (Fsp3) is 0.143. The van der Waals surface area contributed by atoms with Crippen molar-refractivity contribution in [3.05, 3.63) is 88.5 Å². The summed E-state index contributed by atoms with van der Waals surface area (Å²) < 4.78 is 11.3. The quantitative estimate of drug-likeness (QED) is 0.319. The Kier molecular flexibility index (Phi) is 8.08. The van der Waals surface area contributed by atoms with Gasteiger partial charge in [0.05, 0.1) is 12.3 Å². The number of ether oxygens (including phenoxy) is 2. The van der Waals surface area contributed by atoms with Gasteiger partial charge in [0.15, 0.2) is 18.1 Å². The molecule has 194 valence electrons. The molecule has 1 fully saturated rings. The Hall–Kier alpha value is -4.63. The maximum Gasteiger partial charge on any atom is 0.335 e. The fourth-order valence-electron chi connectivity index (χ4n) is 3.74. The molecule has 1 aliphatic heterocycles. The van der Waals surface area contributed by atoms with E-state index in [-0.39, 0.29) is 23.8 Å². The number of nitrogens with zero attached hydrogens (tertiary/aromatic N) is 1. The number of aryl methyl sites for hydroxylation is 1. The van der Waals surface area contributed by atoms with Gasteiger partial charge in [-0.1, -0.05) is 35.9 Å². The number of carbonyl (C=O) groups excluding carboxylic acids is 4. The summed E-state index contributed by atoms with van der Waals surface area (Å²) in [6, 6.07) is 17.4. The summed E-state index contributed by atoms with van der Waals surface area (Å²) in [4.78, 5) is 51.2. The van der Waals surface area contributed by atoms with Crippen LogP contribution in [0, 0.1) is 6.92 Å². The minimum absolute atomic E-state index is 0.223. The summed E-state index contributed by atoms with van der Waals surface area (Å²) in [6.45, 7) is 3.76. The van der Waals surface area contributed by atoms with Crippen molar-refractivity contribution in [2.45, 2.75) is 13.8 Å². The molecule has 0 atom stereocenters. The van der Waals surface area contributed by atoms with Crippen molar-refractivity contribution in [3.63, 3.8) is 0 Å². The summed E-state index contributed by atoms with van der Waals surface area (Å²) in [7, 11) is 0. The molecule has 0 aromatic heterocycles. The highest BCUT2D eigenvalue weighted by Crippen LogP contribution is 2.30. The molecule has 5 amide bonds. The normalized spacial score (nSPS) is 14.3. The van der Waals surface area contributed by atoms with E-state index < -0.39 is 17.8 Å². The van der Waals surface area contributed by atoms with E-state index >= 15 is 0 Å². The molecule has 4 rings (SSSR count). The van der Waals surface area contributed by atoms with Crippen LogP contribution in [0.4, 0.5) is 16.2 Å². The summed E-state index contributed by atoms with van der Waals surface area (Å²) in [5.41, 5.74) is 2.09. The van der Waals surface area contributed by atoms with E-state index in [9.17, 15) is 19.2 Å². The number of imide groups is 2. The monoisotopic (exact) mass is 533 g/mol. The van der Waals surface area contributed by atoms with Gasteiger partial charge in [0.25, 0.3) is 17.7 Å². The molecule has 0 spiro atoms. The molecule has 3 aromatic rings. The first-order valence-corrected chi connectivity index (χ1v) is 12.1. The number of benzene rings is 3. The maximum atomic E-state index is 13.1. The predicted molar refractivity (Wildman–Crippen MR) is 143 cm³/mol. The second-order valence-corrected chi connectivity index (χ2v) is 8.72. The van der Waals surface area contributed by atoms with Crippen molar-refractivity contribution < 1.29 is 28.7 Å². The molecule has 0 bridgehead atoms. The van der Waals surface area contributed by atoms with Gasteiger partial charge in [0, 0.05) is 10.7 Å². The number of barbiturate groups is 1. The fourth-order valence-corrected chi connectivity index (χ4v) is 3.92. The molecule has 0 unspecified atom stereocenters. The number of carbonyl (C=O) groups is 4. The summed E-state index contributed by atoms with van der Waals surface area (Å²) >= 11 is 6.01. The van der Waals surface area contributed by atoms with Gasteiger partial charge in [0.1, 0.15) is 5.57 Å². The average Bonchev–Trinajstić information content (AvgIpc) is 2.86. The number of halogens is 1. The van der Waals surface area contributed by atoms with Gasteiger partial charge in [-0.15, -0.1) is 0 Å². The van der Waals surface area contributed by atoms with Crippen LogP contribution in [0.1, 0.15) is 18.1 Å². The van der Waals surface area contributed by atoms with Crippen molar-refractivity contribution in [2.75, 3.05) is 23.4 Å². The second-order valence-electron chi connectivity index (χ2n) is 8.28. The third-order valence-electron chi connectivity index (χ3n) is 5.41. The van der Waals surface area contributed by atoms with Crippen molar-refractivity contribution in [1.29, 1.82) is 0 Å². The molecule has 38 heavy (non-hydrogen) atoms. The van der Waals surface area contributed by atoms with Crippen molar-refractivity contribution in [3.8, 4) is 11.5 Å². The van der Waals surface area contributed by atoms with Crippen LogP contribution in [0.3, 0.4) is 0 Å². The van der Waals surface area contributed by atoms with Crippen molar-refractivity contribution in [1.82, 2.24) is 5.32 Å². The number of hydrogen-bond donors (Lipinski definition) is 2. The van der Waals surface area contributed by atoms with Crippen LogP contribution in [0.5, 0.6) is 11.5 Å². The zero-order valence-electron chi connectivity index (χ0n) is 20.6. The van der Waals surface area contributed by atoms with Crippen LogP contribution in [0.25, 0.3) is 6.08 Å². The Morgan fingerprint density at radius 1 is 1.00 bits per heavy atom. The highest BCUT2D eigenvalue weighted by Gasteiger charge is 2.36. The Morgan fingerprint density at radius 2 is 1.79 bits per heavy atom. The third-order valence-corrected chi connectivity index (χ3v) is 5.64. The minimum atomic E-state index is -0.873. The molecule has 3 aromatic carbocycles. The van der Waals surface area contributed by atoms with Crippen LogP contribution in [0.2, 0.25) is 5.02 Å². The minimum Gasteiger partial charge on any atom is -0.490 e. The summed E-state index contributed by atoms with van der Waals surface area (Å²) in [5.74, 6) is -1.35. The zero-order chi connectivity index (χ0) is 27.2. The van der Waals surface area contributed by atoms with Gasteiger partial charge < -0.3 is 14.8 Å². The molecular formula is C28H24ClN3O6. The first kappa shape index (κ1) is 26.4. The van der Waals surface area contributed by atoms with Crippen molar-refractivity contribution in [2.24, 2.45) is 0 Å². The molecule has 1 aliphatic rings. The lowest BCUT2D eigenvalue weighted by Crippen LogP contribution is -2.54. The lowest BCUT2D eigenvalue weighted by atomic mass is 10.1. The molecule has 10 heteroatoms. The molecule has 9 nitrogen and oxygen atoms in total. The first-order valence-electron chi connectivity index (χ1n) is 11.7. The van der Waals surface area contributed by atoms with Crippen LogP contribution in [-0.2, 0) is 14.4 Å². The number of nitrogens with one attached hydrogen (secondary N) is 2. The van der Waals surface area contributed by atoms with Crippen LogP contribution in [-0.4, -0.2) is 37.0 Å². The largest absolute Gasteiger partial charge is 0.490 e. The SMILES string of the molecule is CCOc1cc(/C=C2\C(=O)NC(=O)N(c3cccc(Cl)c3)C2=O)ccc1OCC(=O)Nc1cccc(C)c1. The highest BCUT2D eigenvalue weighted by molar-refractivity contribution is 6.39. The highest BCUT2D eigenvalue weighted by atomic mass is 35.5. The molecule has 0 radical (unpaired) electrons. The van der Waals surface area contributed by atoms with E-state index in [2.05, 4.69) is 10.6 Å². The second kappa shape index (κ2) is 11.6. The summed E-state index contributed by atoms with van der Waals surface area (Å²) in [6.07, 6.45) is 1.35. The maximum absolute atomic E-state index is 13.1. The number of rotatable bonds is 8. The Bertz CT molecular complexity index is 1450. The molecule has 1 saturated heterocycles. The van der Waals surface area contributed by atoms with E-state index in [4.69, 9.17) is 21.1 Å². The van der Waals surface area contributed by atoms with E-state index in [1.807, 2.05) is 25.1 Å². The van der Waals surface area contributed by atoms with Gasteiger partial charge in [0.2, 0.25) is 0 Å². The van der Waals surface area contributed by atoms with Gasteiger partial charge in [-0.25, -0.2) is 9.69 Å². The molecular weight excluding hydrogens is 510 g/mol. The molecule has 0 saturated carbocycles. The van der Waals surface area contributed by atoms with Gasteiger partial charge >= 0.3 is 6.03 Å². The molecule has 1 heterocycles. The average molecular weight is 534 g/mol.